The van der Waals surface area contributed by atoms with Crippen LogP contribution in [0.15, 0.2) is 36.5 Å². The Balaban J connectivity index is 1.62. The van der Waals surface area contributed by atoms with Crippen LogP contribution in [0.3, 0.4) is 0 Å². The zero-order valence-electron chi connectivity index (χ0n) is 17.3. The molecule has 7 nitrogen and oxygen atoms in total. The second-order valence-electron chi connectivity index (χ2n) is 7.95. The van der Waals surface area contributed by atoms with Crippen molar-refractivity contribution >= 4 is 23.1 Å². The van der Waals surface area contributed by atoms with E-state index in [-0.39, 0.29) is 24.5 Å². The number of nitrogens with one attached hydrogen (secondary N) is 1. The fourth-order valence-corrected chi connectivity index (χ4v) is 3.95. The molecule has 2 aliphatic rings. The second kappa shape index (κ2) is 8.82. The first-order chi connectivity index (χ1) is 14.5. The molecule has 1 N–H and O–H groups in total. The summed E-state index contributed by atoms with van der Waals surface area (Å²) in [5.41, 5.74) is 3.33. The van der Waals surface area contributed by atoms with Gasteiger partial charge >= 0.3 is 0 Å². The maximum absolute atomic E-state index is 13.5. The van der Waals surface area contributed by atoms with E-state index in [2.05, 4.69) is 16.4 Å². The predicted octanol–water partition coefficient (Wildman–Crippen LogP) is 3.71. The maximum atomic E-state index is 13.5. The van der Waals surface area contributed by atoms with Gasteiger partial charge in [-0.2, -0.15) is 5.26 Å². The van der Waals surface area contributed by atoms with Crippen LogP contribution in [0.1, 0.15) is 37.8 Å². The highest BCUT2D eigenvalue weighted by Gasteiger charge is 2.34. The number of aromatic nitrogens is 1. The number of anilines is 3. The van der Waals surface area contributed by atoms with Crippen LogP contribution >= 0.6 is 0 Å². The third kappa shape index (κ3) is 4.30. The molecule has 4 rings (SSSR count). The first kappa shape index (κ1) is 20.3. The van der Waals surface area contributed by atoms with E-state index in [0.717, 1.165) is 34.7 Å². The minimum Gasteiger partial charge on any atom is -0.373 e. The molecular weight excluding hydrogens is 380 g/mol. The molecule has 0 unspecified atom stereocenters. The molecule has 1 saturated heterocycles. The number of benzene rings is 1. The Kier molecular flexibility index (Phi) is 5.98. The van der Waals surface area contributed by atoms with Gasteiger partial charge in [-0.15, -0.1) is 0 Å². The van der Waals surface area contributed by atoms with E-state index in [1.807, 2.05) is 44.2 Å². The molecule has 2 aliphatic heterocycles. The van der Waals surface area contributed by atoms with Crippen molar-refractivity contribution in [3.63, 3.8) is 0 Å². The maximum Gasteiger partial charge on any atom is 0.256 e. The van der Waals surface area contributed by atoms with Gasteiger partial charge in [0.1, 0.15) is 11.9 Å². The third-order valence-corrected chi connectivity index (χ3v) is 5.35. The third-order valence-electron chi connectivity index (χ3n) is 5.35. The first-order valence-electron chi connectivity index (χ1n) is 10.3. The Labute approximate surface area is 176 Å². The average Bonchev–Trinajstić information content (AvgIpc) is 2.90. The van der Waals surface area contributed by atoms with Gasteiger partial charge in [-0.3, -0.25) is 4.79 Å². The molecule has 0 radical (unpaired) electrons. The van der Waals surface area contributed by atoms with E-state index in [1.165, 1.54) is 0 Å². The number of hydrogen-bond donors (Lipinski definition) is 1. The summed E-state index contributed by atoms with van der Waals surface area (Å²) in [5, 5.41) is 12.4. The van der Waals surface area contributed by atoms with Crippen LogP contribution in [0, 0.1) is 11.3 Å². The summed E-state index contributed by atoms with van der Waals surface area (Å²) in [7, 11) is 0. The zero-order valence-corrected chi connectivity index (χ0v) is 17.3. The van der Waals surface area contributed by atoms with Gasteiger partial charge in [0.05, 0.1) is 49.2 Å². The van der Waals surface area contributed by atoms with Gasteiger partial charge in [-0.25, -0.2) is 4.98 Å². The molecule has 2 aromatic rings. The Hall–Kier alpha value is -2.95. The van der Waals surface area contributed by atoms with Gasteiger partial charge in [0.25, 0.3) is 5.91 Å². The minimum absolute atomic E-state index is 0.0271. The fourth-order valence-electron chi connectivity index (χ4n) is 3.95. The number of rotatable bonds is 4. The fraction of sp³-hybridized carbons (Fsp3) is 0.435. The van der Waals surface area contributed by atoms with Gasteiger partial charge in [0.15, 0.2) is 0 Å². The molecule has 2 atom stereocenters. The number of pyridine rings is 1. The van der Waals surface area contributed by atoms with Gasteiger partial charge < -0.3 is 19.7 Å². The predicted molar refractivity (Wildman–Crippen MR) is 113 cm³/mol. The number of fused-ring (bicyclic) bond motifs is 2. The molecule has 3 heterocycles. The van der Waals surface area contributed by atoms with E-state index in [0.29, 0.717) is 19.6 Å². The summed E-state index contributed by atoms with van der Waals surface area (Å²) in [5.74, 6) is 0.656. The Bertz CT molecular complexity index is 961. The lowest BCUT2D eigenvalue weighted by atomic mass is 10.0. The van der Waals surface area contributed by atoms with Gasteiger partial charge in [0, 0.05) is 11.8 Å². The second-order valence-corrected chi connectivity index (χ2v) is 7.95. The van der Waals surface area contributed by atoms with E-state index >= 15 is 0 Å². The molecule has 1 aromatic heterocycles. The monoisotopic (exact) mass is 406 g/mol. The first-order valence-corrected chi connectivity index (χ1v) is 10.3. The number of carbonyl (C=O) groups is 1. The van der Waals surface area contributed by atoms with Crippen molar-refractivity contribution in [2.45, 2.75) is 58.0 Å². The van der Waals surface area contributed by atoms with Crippen LogP contribution in [0.4, 0.5) is 17.2 Å². The highest BCUT2D eigenvalue weighted by molar-refractivity contribution is 6.00. The molecule has 1 fully saturated rings. The highest BCUT2D eigenvalue weighted by atomic mass is 16.5. The van der Waals surface area contributed by atoms with Crippen molar-refractivity contribution < 1.29 is 14.3 Å². The van der Waals surface area contributed by atoms with Gasteiger partial charge in [-0.05, 0) is 50.5 Å². The topological polar surface area (TPSA) is 87.5 Å². The SMILES string of the molecule is CC(C)O[C@H]1CC[C@H](C(=O)N2Cc3cccnc3Nc3ccc(CC#N)cc32)OC1. The van der Waals surface area contributed by atoms with E-state index < -0.39 is 6.10 Å². The molecule has 0 bridgehead atoms. The normalized spacial score (nSPS) is 20.5. The van der Waals surface area contributed by atoms with Crippen LogP contribution in [0.2, 0.25) is 0 Å². The summed E-state index contributed by atoms with van der Waals surface area (Å²) >= 11 is 0. The van der Waals surface area contributed by atoms with Crippen LogP contribution in [-0.2, 0) is 27.2 Å². The summed E-state index contributed by atoms with van der Waals surface area (Å²) in [4.78, 5) is 19.7. The Morgan fingerprint density at radius 2 is 2.27 bits per heavy atom. The number of carbonyl (C=O) groups excluding carboxylic acids is 1. The minimum atomic E-state index is -0.511. The molecule has 0 spiro atoms. The van der Waals surface area contributed by atoms with Crippen LogP contribution < -0.4 is 10.2 Å². The number of hydrogen-bond acceptors (Lipinski definition) is 6. The van der Waals surface area contributed by atoms with Crippen molar-refractivity contribution in [3.8, 4) is 6.07 Å². The Morgan fingerprint density at radius 1 is 1.40 bits per heavy atom. The summed E-state index contributed by atoms with van der Waals surface area (Å²) in [6.07, 6.45) is 3.08. The lowest BCUT2D eigenvalue weighted by Gasteiger charge is -2.33. The molecule has 0 saturated carbocycles. The van der Waals surface area contributed by atoms with Crippen LogP contribution in [0.25, 0.3) is 0 Å². The average molecular weight is 406 g/mol. The van der Waals surface area contributed by atoms with E-state index in [1.54, 1.807) is 11.1 Å². The van der Waals surface area contributed by atoms with Crippen molar-refractivity contribution in [2.75, 3.05) is 16.8 Å². The molecule has 30 heavy (non-hydrogen) atoms. The number of amides is 1. The lowest BCUT2D eigenvalue weighted by molar-refractivity contribution is -0.143. The van der Waals surface area contributed by atoms with Crippen LogP contribution in [-0.4, -0.2) is 35.8 Å². The number of nitrogens with zero attached hydrogens (tertiary/aromatic N) is 3. The molecule has 0 aliphatic carbocycles. The van der Waals surface area contributed by atoms with Crippen LogP contribution in [0.5, 0.6) is 0 Å². The largest absolute Gasteiger partial charge is 0.373 e. The molecule has 156 valence electrons. The van der Waals surface area contributed by atoms with Crippen molar-refractivity contribution in [3.05, 3.63) is 47.7 Å². The lowest BCUT2D eigenvalue weighted by Crippen LogP contribution is -2.44. The molecule has 1 amide bonds. The highest BCUT2D eigenvalue weighted by Crippen LogP contribution is 2.36. The molecular formula is C23H26N4O3. The smallest absolute Gasteiger partial charge is 0.256 e. The zero-order chi connectivity index (χ0) is 21.1. The van der Waals surface area contributed by atoms with Gasteiger partial charge in [-0.1, -0.05) is 12.1 Å². The van der Waals surface area contributed by atoms with E-state index in [9.17, 15) is 4.79 Å². The number of nitriles is 1. The van der Waals surface area contributed by atoms with Crippen molar-refractivity contribution in [2.24, 2.45) is 0 Å². The van der Waals surface area contributed by atoms with Crippen molar-refractivity contribution in [1.82, 2.24) is 4.98 Å². The molecule has 7 heteroatoms. The Morgan fingerprint density at radius 3 is 3.00 bits per heavy atom. The molecule has 1 aromatic carbocycles. The quantitative estimate of drug-likeness (QED) is 0.833. The summed E-state index contributed by atoms with van der Waals surface area (Å²) in [6, 6.07) is 11.7. The van der Waals surface area contributed by atoms with Crippen molar-refractivity contribution in [1.29, 1.82) is 5.26 Å². The summed E-state index contributed by atoms with van der Waals surface area (Å²) < 4.78 is 11.8. The van der Waals surface area contributed by atoms with E-state index in [4.69, 9.17) is 14.7 Å². The standard InChI is InChI=1S/C23H26N4O3/c1-15(2)30-18-6-8-21(29-14-18)23(28)27-13-17-4-3-11-25-22(17)26-19-7-5-16(9-10-24)12-20(19)27/h3-5,7,11-12,15,18,21H,6,8-9,13-14H2,1-2H3,(H,25,26)/t18-,21+/m0/s1. The van der Waals surface area contributed by atoms with Gasteiger partial charge in [0.2, 0.25) is 0 Å². The summed E-state index contributed by atoms with van der Waals surface area (Å²) in [6.45, 7) is 4.81. The number of ether oxygens (including phenoxy) is 2.